The Hall–Kier alpha value is -3.07. The zero-order valence-electron chi connectivity index (χ0n) is 14.0. The third-order valence-corrected chi connectivity index (χ3v) is 4.43. The zero-order valence-corrected chi connectivity index (χ0v) is 16.2. The molecule has 0 bridgehead atoms. The molecule has 1 amide bonds. The van der Waals surface area contributed by atoms with E-state index < -0.39 is 5.97 Å². The van der Waals surface area contributed by atoms with E-state index in [1.165, 1.54) is 12.4 Å². The third kappa shape index (κ3) is 5.20. The maximum absolute atomic E-state index is 12.2. The summed E-state index contributed by atoms with van der Waals surface area (Å²) in [7, 11) is 0. The van der Waals surface area contributed by atoms with Crippen molar-refractivity contribution in [2.45, 2.75) is 0 Å². The largest absolute Gasteiger partial charge is 0.423 e. The van der Waals surface area contributed by atoms with Crippen molar-refractivity contribution in [3.05, 3.63) is 93.3 Å². The molecule has 0 saturated heterocycles. The summed E-state index contributed by atoms with van der Waals surface area (Å²) in [5.41, 5.74) is 4.11. The van der Waals surface area contributed by atoms with Crippen molar-refractivity contribution in [3.63, 3.8) is 0 Å². The molecule has 0 unspecified atom stereocenters. The molecule has 0 aliphatic rings. The van der Waals surface area contributed by atoms with E-state index in [1.807, 2.05) is 12.1 Å². The number of rotatable bonds is 5. The van der Waals surface area contributed by atoms with E-state index in [-0.39, 0.29) is 5.91 Å². The van der Waals surface area contributed by atoms with Gasteiger partial charge >= 0.3 is 5.97 Å². The lowest BCUT2D eigenvalue weighted by molar-refractivity contribution is 0.0733. The molecule has 134 valence electrons. The van der Waals surface area contributed by atoms with Crippen LogP contribution in [0.2, 0.25) is 0 Å². The van der Waals surface area contributed by atoms with Crippen LogP contribution >= 0.6 is 22.6 Å². The average molecular weight is 471 g/mol. The number of halogens is 1. The van der Waals surface area contributed by atoms with Crippen LogP contribution < -0.4 is 10.2 Å². The molecule has 0 aliphatic heterocycles. The fourth-order valence-corrected chi connectivity index (χ4v) is 2.75. The van der Waals surface area contributed by atoms with Crippen LogP contribution in [0.5, 0.6) is 5.75 Å². The summed E-state index contributed by atoms with van der Waals surface area (Å²) in [4.78, 5) is 27.9. The van der Waals surface area contributed by atoms with Gasteiger partial charge in [-0.1, -0.05) is 12.1 Å². The second-order valence-electron chi connectivity index (χ2n) is 5.38. The Balaban J connectivity index is 1.58. The van der Waals surface area contributed by atoms with Gasteiger partial charge in [-0.25, -0.2) is 10.2 Å². The Kier molecular flexibility index (Phi) is 6.26. The fraction of sp³-hybridized carbons (Fsp3) is 0. The molecule has 1 heterocycles. The van der Waals surface area contributed by atoms with Gasteiger partial charge in [-0.05, 0) is 76.7 Å². The minimum absolute atomic E-state index is 0.345. The predicted molar refractivity (Wildman–Crippen MR) is 110 cm³/mol. The first kappa shape index (κ1) is 18.7. The fourth-order valence-electron chi connectivity index (χ4n) is 2.14. The minimum Gasteiger partial charge on any atom is -0.423 e. The number of nitrogens with one attached hydrogen (secondary N) is 1. The van der Waals surface area contributed by atoms with Crippen LogP contribution in [0, 0.1) is 3.57 Å². The number of pyridine rings is 1. The molecule has 0 saturated carbocycles. The number of aromatic nitrogens is 1. The summed E-state index contributed by atoms with van der Waals surface area (Å²) >= 11 is 2.09. The maximum Gasteiger partial charge on any atom is 0.344 e. The molecule has 3 aromatic rings. The topological polar surface area (TPSA) is 80.6 Å². The van der Waals surface area contributed by atoms with E-state index in [0.29, 0.717) is 16.9 Å². The van der Waals surface area contributed by atoms with Gasteiger partial charge in [0.05, 0.1) is 17.3 Å². The Morgan fingerprint density at radius 1 is 1.04 bits per heavy atom. The van der Waals surface area contributed by atoms with E-state index in [9.17, 15) is 9.59 Å². The quantitative estimate of drug-likeness (QED) is 0.203. The number of carbonyl (C=O) groups is 2. The molecule has 0 atom stereocenters. The molecule has 6 nitrogen and oxygen atoms in total. The minimum atomic E-state index is -0.412. The Morgan fingerprint density at radius 2 is 1.81 bits per heavy atom. The number of amides is 1. The molecule has 0 spiro atoms. The molecule has 27 heavy (non-hydrogen) atoms. The van der Waals surface area contributed by atoms with E-state index >= 15 is 0 Å². The Labute approximate surface area is 169 Å². The second-order valence-corrected chi connectivity index (χ2v) is 6.54. The number of hydrogen-bond acceptors (Lipinski definition) is 5. The van der Waals surface area contributed by atoms with Crippen molar-refractivity contribution in [2.75, 3.05) is 0 Å². The van der Waals surface area contributed by atoms with Crippen molar-refractivity contribution in [3.8, 4) is 5.75 Å². The molecule has 1 N–H and O–H groups in total. The number of hydrogen-bond donors (Lipinski definition) is 1. The SMILES string of the molecule is O=C(N/N=C/c1ccc(OC(=O)c2ccccc2I)cc1)c1cccnc1. The third-order valence-electron chi connectivity index (χ3n) is 3.49. The Morgan fingerprint density at radius 3 is 2.52 bits per heavy atom. The molecule has 0 aliphatic carbocycles. The first-order valence-electron chi connectivity index (χ1n) is 7.94. The molecule has 2 aromatic carbocycles. The number of nitrogens with zero attached hydrogens (tertiary/aromatic N) is 2. The summed E-state index contributed by atoms with van der Waals surface area (Å²) in [6.07, 6.45) is 4.55. The number of hydrazone groups is 1. The molecule has 1 aromatic heterocycles. The summed E-state index contributed by atoms with van der Waals surface area (Å²) in [6, 6.07) is 17.3. The van der Waals surface area contributed by atoms with Gasteiger partial charge in [-0.3, -0.25) is 9.78 Å². The van der Waals surface area contributed by atoms with Crippen molar-refractivity contribution < 1.29 is 14.3 Å². The predicted octanol–water partition coefficient (Wildman–Crippen LogP) is 3.67. The smallest absolute Gasteiger partial charge is 0.344 e. The normalized spacial score (nSPS) is 10.6. The van der Waals surface area contributed by atoms with Crippen molar-refractivity contribution in [1.29, 1.82) is 0 Å². The Bertz CT molecular complexity index is 973. The highest BCUT2D eigenvalue weighted by molar-refractivity contribution is 14.1. The standard InChI is InChI=1S/C20H14IN3O3/c21-18-6-2-1-5-17(18)20(26)27-16-9-7-14(8-10-16)12-23-24-19(25)15-4-3-11-22-13-15/h1-13H,(H,24,25)/b23-12+. The number of carbonyl (C=O) groups excluding carboxylic acids is 2. The van der Waals surface area contributed by atoms with Crippen LogP contribution in [0.25, 0.3) is 0 Å². The van der Waals surface area contributed by atoms with Gasteiger partial charge in [0.25, 0.3) is 5.91 Å². The maximum atomic E-state index is 12.2. The lowest BCUT2D eigenvalue weighted by Gasteiger charge is -2.06. The summed E-state index contributed by atoms with van der Waals surface area (Å²) in [6.45, 7) is 0. The molecule has 7 heteroatoms. The highest BCUT2D eigenvalue weighted by Crippen LogP contribution is 2.17. The van der Waals surface area contributed by atoms with Gasteiger partial charge in [-0.15, -0.1) is 0 Å². The number of benzene rings is 2. The highest BCUT2D eigenvalue weighted by Gasteiger charge is 2.11. The molecule has 0 fully saturated rings. The van der Waals surface area contributed by atoms with E-state index in [0.717, 1.165) is 9.13 Å². The van der Waals surface area contributed by atoms with Crippen LogP contribution in [0.3, 0.4) is 0 Å². The first-order valence-corrected chi connectivity index (χ1v) is 9.01. The highest BCUT2D eigenvalue weighted by atomic mass is 127. The van der Waals surface area contributed by atoms with Crippen molar-refractivity contribution in [2.24, 2.45) is 5.10 Å². The van der Waals surface area contributed by atoms with Gasteiger partial charge in [0.2, 0.25) is 0 Å². The average Bonchev–Trinajstić information content (AvgIpc) is 2.70. The van der Waals surface area contributed by atoms with Gasteiger partial charge < -0.3 is 4.74 Å². The molecule has 0 radical (unpaired) electrons. The van der Waals surface area contributed by atoms with Crippen LogP contribution in [-0.2, 0) is 0 Å². The number of ether oxygens (including phenoxy) is 1. The summed E-state index contributed by atoms with van der Waals surface area (Å²) in [5.74, 6) is -0.330. The molecular formula is C20H14IN3O3. The molecule has 3 rings (SSSR count). The molecular weight excluding hydrogens is 457 g/mol. The van der Waals surface area contributed by atoms with Gasteiger partial charge in [-0.2, -0.15) is 5.10 Å². The van der Waals surface area contributed by atoms with Gasteiger partial charge in [0.1, 0.15) is 5.75 Å². The van der Waals surface area contributed by atoms with Crippen LogP contribution in [0.15, 0.2) is 78.2 Å². The summed E-state index contributed by atoms with van der Waals surface area (Å²) < 4.78 is 6.20. The van der Waals surface area contributed by atoms with Gasteiger partial charge in [0.15, 0.2) is 0 Å². The van der Waals surface area contributed by atoms with Crippen LogP contribution in [0.4, 0.5) is 0 Å². The zero-order chi connectivity index (χ0) is 19.1. The lowest BCUT2D eigenvalue weighted by atomic mass is 10.2. The monoisotopic (exact) mass is 471 g/mol. The summed E-state index contributed by atoms with van der Waals surface area (Å²) in [5, 5.41) is 3.91. The van der Waals surface area contributed by atoms with Crippen LogP contribution in [-0.4, -0.2) is 23.1 Å². The van der Waals surface area contributed by atoms with E-state index in [1.54, 1.807) is 54.7 Å². The number of esters is 1. The van der Waals surface area contributed by atoms with E-state index in [4.69, 9.17) is 4.74 Å². The van der Waals surface area contributed by atoms with E-state index in [2.05, 4.69) is 38.1 Å². The second kappa shape index (κ2) is 9.04. The van der Waals surface area contributed by atoms with Crippen molar-refractivity contribution >= 4 is 40.7 Å². The first-order chi connectivity index (χ1) is 13.1. The van der Waals surface area contributed by atoms with Gasteiger partial charge in [0, 0.05) is 16.0 Å². The lowest BCUT2D eigenvalue weighted by Crippen LogP contribution is -2.17. The van der Waals surface area contributed by atoms with Crippen molar-refractivity contribution in [1.82, 2.24) is 10.4 Å². The van der Waals surface area contributed by atoms with Crippen LogP contribution in [0.1, 0.15) is 26.3 Å².